The van der Waals surface area contributed by atoms with Crippen LogP contribution in [0.2, 0.25) is 0 Å². The third kappa shape index (κ3) is 1.93. The molecule has 0 amide bonds. The molecule has 0 fully saturated rings. The SMILES string of the molecule is O=[N+]([O-])c1ccccc1C1=CC=NCC1. The summed E-state index contributed by atoms with van der Waals surface area (Å²) in [7, 11) is 0. The van der Waals surface area contributed by atoms with E-state index in [1.165, 1.54) is 6.07 Å². The second-order valence-corrected chi connectivity index (χ2v) is 3.27. The fourth-order valence-electron chi connectivity index (χ4n) is 1.61. The molecule has 15 heavy (non-hydrogen) atoms. The van der Waals surface area contributed by atoms with E-state index in [9.17, 15) is 10.1 Å². The van der Waals surface area contributed by atoms with Crippen LogP contribution in [0.3, 0.4) is 0 Å². The minimum atomic E-state index is -0.345. The lowest BCUT2D eigenvalue weighted by molar-refractivity contribution is -0.385. The van der Waals surface area contributed by atoms with Crippen molar-refractivity contribution in [1.82, 2.24) is 0 Å². The molecule has 1 aromatic rings. The van der Waals surface area contributed by atoms with Gasteiger partial charge in [-0.3, -0.25) is 15.1 Å². The molecule has 2 rings (SSSR count). The van der Waals surface area contributed by atoms with Crippen LogP contribution in [0.5, 0.6) is 0 Å². The Bertz CT molecular complexity index is 450. The molecule has 0 radical (unpaired) electrons. The average Bonchev–Trinajstić information content (AvgIpc) is 2.30. The third-order valence-corrected chi connectivity index (χ3v) is 2.34. The van der Waals surface area contributed by atoms with E-state index in [0.717, 1.165) is 12.0 Å². The van der Waals surface area contributed by atoms with Gasteiger partial charge in [0.1, 0.15) is 0 Å². The van der Waals surface area contributed by atoms with E-state index in [-0.39, 0.29) is 10.6 Å². The molecule has 0 spiro atoms. The summed E-state index contributed by atoms with van der Waals surface area (Å²) < 4.78 is 0. The van der Waals surface area contributed by atoms with Crippen molar-refractivity contribution in [3.05, 3.63) is 46.0 Å². The molecule has 0 atom stereocenters. The number of hydrogen-bond donors (Lipinski definition) is 0. The van der Waals surface area contributed by atoms with Crippen molar-refractivity contribution in [3.63, 3.8) is 0 Å². The molecule has 4 heteroatoms. The maximum absolute atomic E-state index is 10.8. The summed E-state index contributed by atoms with van der Waals surface area (Å²) in [5, 5.41) is 10.8. The first-order valence-corrected chi connectivity index (χ1v) is 4.72. The zero-order valence-electron chi connectivity index (χ0n) is 8.09. The van der Waals surface area contributed by atoms with E-state index in [4.69, 9.17) is 0 Å². The van der Waals surface area contributed by atoms with E-state index in [1.807, 2.05) is 12.1 Å². The Morgan fingerprint density at radius 1 is 1.33 bits per heavy atom. The first-order chi connectivity index (χ1) is 7.29. The van der Waals surface area contributed by atoms with Crippen LogP contribution in [0.1, 0.15) is 12.0 Å². The Hall–Kier alpha value is -1.97. The van der Waals surface area contributed by atoms with Gasteiger partial charge >= 0.3 is 0 Å². The smallest absolute Gasteiger partial charge is 0.276 e. The molecule has 0 bridgehead atoms. The number of allylic oxidation sites excluding steroid dienone is 1. The van der Waals surface area contributed by atoms with Gasteiger partial charge in [-0.1, -0.05) is 12.1 Å². The summed E-state index contributed by atoms with van der Waals surface area (Å²) in [6.45, 7) is 0.706. The molecular weight excluding hydrogens is 192 g/mol. The van der Waals surface area contributed by atoms with Crippen LogP contribution < -0.4 is 0 Å². The van der Waals surface area contributed by atoms with Crippen LogP contribution in [0.4, 0.5) is 5.69 Å². The van der Waals surface area contributed by atoms with E-state index in [0.29, 0.717) is 12.1 Å². The molecule has 0 saturated carbocycles. The molecular formula is C11H10N2O2. The lowest BCUT2D eigenvalue weighted by Gasteiger charge is -2.08. The Balaban J connectivity index is 2.47. The first-order valence-electron chi connectivity index (χ1n) is 4.72. The highest BCUT2D eigenvalue weighted by Gasteiger charge is 2.16. The van der Waals surface area contributed by atoms with Gasteiger partial charge in [-0.05, 0) is 24.1 Å². The highest BCUT2D eigenvalue weighted by molar-refractivity contribution is 5.88. The highest BCUT2D eigenvalue weighted by Crippen LogP contribution is 2.28. The molecule has 76 valence electrons. The van der Waals surface area contributed by atoms with Gasteiger partial charge in [0.25, 0.3) is 5.69 Å². The summed E-state index contributed by atoms with van der Waals surface area (Å²) in [5.74, 6) is 0. The van der Waals surface area contributed by atoms with E-state index >= 15 is 0 Å². The quantitative estimate of drug-likeness (QED) is 0.546. The Morgan fingerprint density at radius 2 is 2.13 bits per heavy atom. The minimum Gasteiger partial charge on any atom is -0.293 e. The maximum Gasteiger partial charge on any atom is 0.276 e. The third-order valence-electron chi connectivity index (χ3n) is 2.34. The average molecular weight is 202 g/mol. The molecule has 0 aromatic heterocycles. The lowest BCUT2D eigenvalue weighted by Crippen LogP contribution is -1.98. The summed E-state index contributed by atoms with van der Waals surface area (Å²) in [6, 6.07) is 6.80. The number of aliphatic imine (C=N–C) groups is 1. The van der Waals surface area contributed by atoms with Crippen molar-refractivity contribution in [2.24, 2.45) is 4.99 Å². The standard InChI is InChI=1S/C11H10N2O2/c14-13(15)11-4-2-1-3-10(11)9-5-7-12-8-6-9/h1-5,7H,6,8H2. The zero-order chi connectivity index (χ0) is 10.7. The van der Waals surface area contributed by atoms with Crippen LogP contribution in [0, 0.1) is 10.1 Å². The number of dihydropyridines is 1. The van der Waals surface area contributed by atoms with Gasteiger partial charge in [-0.25, -0.2) is 0 Å². The summed E-state index contributed by atoms with van der Waals surface area (Å²) in [4.78, 5) is 14.5. The number of para-hydroxylation sites is 1. The van der Waals surface area contributed by atoms with E-state index in [1.54, 1.807) is 18.3 Å². The van der Waals surface area contributed by atoms with Crippen LogP contribution >= 0.6 is 0 Å². The molecule has 0 aliphatic carbocycles. The summed E-state index contributed by atoms with van der Waals surface area (Å²) in [5.41, 5.74) is 1.85. The van der Waals surface area contributed by atoms with Crippen LogP contribution in [0.25, 0.3) is 5.57 Å². The fourth-order valence-corrected chi connectivity index (χ4v) is 1.61. The maximum atomic E-state index is 10.8. The predicted octanol–water partition coefficient (Wildman–Crippen LogP) is 2.45. The van der Waals surface area contributed by atoms with Crippen LogP contribution in [0.15, 0.2) is 35.3 Å². The van der Waals surface area contributed by atoms with Crippen molar-refractivity contribution in [2.45, 2.75) is 6.42 Å². The normalized spacial score (nSPS) is 14.8. The number of benzene rings is 1. The van der Waals surface area contributed by atoms with Crippen molar-refractivity contribution < 1.29 is 4.92 Å². The van der Waals surface area contributed by atoms with Crippen molar-refractivity contribution in [1.29, 1.82) is 0 Å². The lowest BCUT2D eigenvalue weighted by atomic mass is 10.00. The Kier molecular flexibility index (Phi) is 2.58. The molecule has 0 N–H and O–H groups in total. The zero-order valence-corrected chi connectivity index (χ0v) is 8.09. The molecule has 0 unspecified atom stereocenters. The molecule has 1 heterocycles. The Morgan fingerprint density at radius 3 is 2.80 bits per heavy atom. The van der Waals surface area contributed by atoms with Gasteiger partial charge < -0.3 is 0 Å². The minimum absolute atomic E-state index is 0.166. The van der Waals surface area contributed by atoms with Gasteiger partial charge in [0, 0.05) is 18.8 Å². The van der Waals surface area contributed by atoms with E-state index < -0.39 is 0 Å². The van der Waals surface area contributed by atoms with Gasteiger partial charge in [0.15, 0.2) is 0 Å². The number of hydrogen-bond acceptors (Lipinski definition) is 3. The molecule has 1 aliphatic rings. The first kappa shape index (κ1) is 9.58. The van der Waals surface area contributed by atoms with Crippen molar-refractivity contribution >= 4 is 17.5 Å². The topological polar surface area (TPSA) is 55.5 Å². The van der Waals surface area contributed by atoms with E-state index in [2.05, 4.69) is 4.99 Å². The molecule has 1 aromatic carbocycles. The number of nitrogens with zero attached hydrogens (tertiary/aromatic N) is 2. The van der Waals surface area contributed by atoms with Gasteiger partial charge in [0.2, 0.25) is 0 Å². The second kappa shape index (κ2) is 4.04. The van der Waals surface area contributed by atoms with Gasteiger partial charge in [-0.2, -0.15) is 0 Å². The van der Waals surface area contributed by atoms with Crippen molar-refractivity contribution in [2.75, 3.05) is 6.54 Å². The monoisotopic (exact) mass is 202 g/mol. The molecule has 1 aliphatic heterocycles. The highest BCUT2D eigenvalue weighted by atomic mass is 16.6. The van der Waals surface area contributed by atoms with Gasteiger partial charge in [-0.15, -0.1) is 0 Å². The fraction of sp³-hybridized carbons (Fsp3) is 0.182. The van der Waals surface area contributed by atoms with Crippen molar-refractivity contribution in [3.8, 4) is 0 Å². The number of nitro benzene ring substituents is 1. The number of rotatable bonds is 2. The van der Waals surface area contributed by atoms with Crippen LogP contribution in [-0.4, -0.2) is 17.7 Å². The Labute approximate surface area is 87.1 Å². The second-order valence-electron chi connectivity index (χ2n) is 3.27. The van der Waals surface area contributed by atoms with Gasteiger partial charge in [0.05, 0.1) is 10.5 Å². The summed E-state index contributed by atoms with van der Waals surface area (Å²) in [6.07, 6.45) is 4.31. The predicted molar refractivity (Wildman–Crippen MR) is 59.0 cm³/mol. The summed E-state index contributed by atoms with van der Waals surface area (Å²) >= 11 is 0. The molecule has 4 nitrogen and oxygen atoms in total. The number of nitro groups is 1. The van der Waals surface area contributed by atoms with Crippen LogP contribution in [-0.2, 0) is 0 Å². The molecule has 0 saturated heterocycles. The largest absolute Gasteiger partial charge is 0.293 e.